The Bertz CT molecular complexity index is 1450. The van der Waals surface area contributed by atoms with Gasteiger partial charge in [0.05, 0.1) is 30.0 Å². The van der Waals surface area contributed by atoms with Gasteiger partial charge in [-0.15, -0.1) is 0 Å². The third kappa shape index (κ3) is 7.55. The van der Waals surface area contributed by atoms with Crippen molar-refractivity contribution in [3.8, 4) is 5.75 Å². The first-order valence-corrected chi connectivity index (χ1v) is 15.2. The molecule has 1 heterocycles. The quantitative estimate of drug-likeness (QED) is 0.503. The molecule has 1 saturated carbocycles. The number of sulfone groups is 1. The number of fused-ring (bicyclic) bond motifs is 1. The van der Waals surface area contributed by atoms with Gasteiger partial charge in [-0.2, -0.15) is 0 Å². The van der Waals surface area contributed by atoms with E-state index >= 15 is 0 Å². The molecule has 0 bridgehead atoms. The predicted octanol–water partition coefficient (Wildman–Crippen LogP) is 4.22. The third-order valence-electron chi connectivity index (χ3n) is 7.04. The highest BCUT2D eigenvalue weighted by molar-refractivity contribution is 7.91. The molecule has 13 heteroatoms. The zero-order valence-corrected chi connectivity index (χ0v) is 24.7. The van der Waals surface area contributed by atoms with Crippen molar-refractivity contribution < 1.29 is 41.1 Å². The van der Waals surface area contributed by atoms with Gasteiger partial charge in [0.2, 0.25) is 5.92 Å². The predicted molar refractivity (Wildman–Crippen MR) is 151 cm³/mol. The molecule has 2 N–H and O–H groups in total. The number of hydrogen-bond donors (Lipinski definition) is 2. The van der Waals surface area contributed by atoms with E-state index in [2.05, 4.69) is 10.6 Å². The van der Waals surface area contributed by atoms with Crippen molar-refractivity contribution in [1.29, 1.82) is 0 Å². The maximum absolute atomic E-state index is 13.9. The minimum atomic E-state index is -4.14. The van der Waals surface area contributed by atoms with Crippen molar-refractivity contribution in [1.82, 2.24) is 10.6 Å². The van der Waals surface area contributed by atoms with Crippen LogP contribution in [0.25, 0.3) is 0 Å². The van der Waals surface area contributed by atoms with E-state index in [0.717, 1.165) is 0 Å². The minimum Gasteiger partial charge on any atom is -0.497 e. The van der Waals surface area contributed by atoms with Gasteiger partial charge in [-0.1, -0.05) is 12.1 Å². The molecule has 1 fully saturated rings. The van der Waals surface area contributed by atoms with Gasteiger partial charge in [0.15, 0.2) is 9.84 Å². The summed E-state index contributed by atoms with van der Waals surface area (Å²) >= 11 is 0. The first-order valence-electron chi connectivity index (χ1n) is 13.6. The van der Waals surface area contributed by atoms with Crippen molar-refractivity contribution in [2.45, 2.75) is 81.5 Å². The van der Waals surface area contributed by atoms with E-state index in [0.29, 0.717) is 11.3 Å². The second-order valence-electron chi connectivity index (χ2n) is 11.5. The molecule has 3 amide bonds. The summed E-state index contributed by atoms with van der Waals surface area (Å²) in [6.45, 7) is 4.82. The monoisotopic (exact) mass is 607 g/mol. The number of hydrogen-bond acceptors (Lipinski definition) is 7. The number of alkyl halides is 2. The van der Waals surface area contributed by atoms with E-state index in [-0.39, 0.29) is 48.4 Å². The summed E-state index contributed by atoms with van der Waals surface area (Å²) in [7, 11) is -2.63. The molecule has 0 unspecified atom stereocenters. The topological polar surface area (TPSA) is 131 Å². The number of rotatable bonds is 6. The number of halogens is 2. The molecule has 42 heavy (non-hydrogen) atoms. The number of carbonyl (C=O) groups is 3. The Kier molecular flexibility index (Phi) is 8.81. The molecule has 4 rings (SSSR count). The second-order valence-corrected chi connectivity index (χ2v) is 13.5. The van der Waals surface area contributed by atoms with Crippen LogP contribution in [0.1, 0.15) is 62.4 Å². The van der Waals surface area contributed by atoms with Crippen LogP contribution in [0.15, 0.2) is 47.4 Å². The van der Waals surface area contributed by atoms with Crippen molar-refractivity contribution in [2.24, 2.45) is 0 Å². The number of amides is 3. The van der Waals surface area contributed by atoms with Gasteiger partial charge in [-0.05, 0) is 69.5 Å². The van der Waals surface area contributed by atoms with E-state index in [9.17, 15) is 31.6 Å². The fourth-order valence-corrected chi connectivity index (χ4v) is 6.51. The SMILES string of the molecule is COc1ccc(CN2C(=O)[C@@H](NC(=O)OC(C)(C)C)CS(=O)(=O)c3ccc(C(=O)NC4CCC(F)(F)CC4)cc32)cc1. The summed E-state index contributed by atoms with van der Waals surface area (Å²) in [6.07, 6.45) is -1.41. The lowest BCUT2D eigenvalue weighted by Crippen LogP contribution is -2.51. The Morgan fingerprint density at radius 1 is 1.05 bits per heavy atom. The molecule has 2 aromatic rings. The largest absolute Gasteiger partial charge is 0.497 e. The maximum atomic E-state index is 13.9. The molecule has 10 nitrogen and oxygen atoms in total. The molecular formula is C29H35F2N3O7S. The van der Waals surface area contributed by atoms with Crippen LogP contribution in [-0.2, 0) is 25.9 Å². The number of carbonyl (C=O) groups excluding carboxylic acids is 3. The number of anilines is 1. The van der Waals surface area contributed by atoms with Crippen molar-refractivity contribution >= 4 is 33.4 Å². The van der Waals surface area contributed by atoms with Gasteiger partial charge in [-0.3, -0.25) is 9.59 Å². The average molecular weight is 608 g/mol. The van der Waals surface area contributed by atoms with E-state index in [1.54, 1.807) is 45.0 Å². The first kappa shape index (κ1) is 31.2. The van der Waals surface area contributed by atoms with Gasteiger partial charge in [0.1, 0.15) is 17.4 Å². The van der Waals surface area contributed by atoms with Crippen LogP contribution in [0.4, 0.5) is 19.3 Å². The zero-order valence-electron chi connectivity index (χ0n) is 23.9. The van der Waals surface area contributed by atoms with Gasteiger partial charge in [0.25, 0.3) is 11.8 Å². The molecule has 1 aliphatic carbocycles. The number of benzene rings is 2. The minimum absolute atomic E-state index is 0.0351. The van der Waals surface area contributed by atoms with Crippen LogP contribution in [-0.4, -0.2) is 62.8 Å². The normalized spacial score (nSPS) is 20.2. The van der Waals surface area contributed by atoms with Gasteiger partial charge >= 0.3 is 6.09 Å². The van der Waals surface area contributed by atoms with Gasteiger partial charge in [-0.25, -0.2) is 22.0 Å². The van der Waals surface area contributed by atoms with E-state index in [4.69, 9.17) is 9.47 Å². The van der Waals surface area contributed by atoms with Crippen LogP contribution in [0.5, 0.6) is 5.75 Å². The summed E-state index contributed by atoms with van der Waals surface area (Å²) < 4.78 is 64.6. The molecule has 1 aliphatic heterocycles. The van der Waals surface area contributed by atoms with Gasteiger partial charge in [0, 0.05) is 24.4 Å². The molecular weight excluding hydrogens is 572 g/mol. The Balaban J connectivity index is 1.70. The first-order chi connectivity index (χ1) is 19.6. The van der Waals surface area contributed by atoms with Crippen LogP contribution < -0.4 is 20.3 Å². The molecule has 228 valence electrons. The highest BCUT2D eigenvalue weighted by Gasteiger charge is 2.40. The fourth-order valence-electron chi connectivity index (χ4n) is 4.90. The molecule has 0 aromatic heterocycles. The van der Waals surface area contributed by atoms with Crippen LogP contribution in [0.3, 0.4) is 0 Å². The summed E-state index contributed by atoms with van der Waals surface area (Å²) in [6, 6.07) is 8.72. The van der Waals surface area contributed by atoms with E-state index < -0.39 is 57.1 Å². The second kappa shape index (κ2) is 11.9. The number of ether oxygens (including phenoxy) is 2. The summed E-state index contributed by atoms with van der Waals surface area (Å²) in [5.41, 5.74) is -0.234. The third-order valence-corrected chi connectivity index (χ3v) is 8.83. The highest BCUT2D eigenvalue weighted by Crippen LogP contribution is 2.35. The molecule has 0 radical (unpaired) electrons. The molecule has 1 atom stereocenters. The number of methoxy groups -OCH3 is 1. The lowest BCUT2D eigenvalue weighted by Gasteiger charge is -2.29. The van der Waals surface area contributed by atoms with Crippen molar-refractivity contribution in [3.63, 3.8) is 0 Å². The van der Waals surface area contributed by atoms with Crippen molar-refractivity contribution in [3.05, 3.63) is 53.6 Å². The summed E-state index contributed by atoms with van der Waals surface area (Å²) in [5.74, 6) is -4.20. The number of nitrogens with one attached hydrogen (secondary N) is 2. The van der Waals surface area contributed by atoms with Gasteiger partial charge < -0.3 is 25.0 Å². The zero-order chi connectivity index (χ0) is 30.9. The lowest BCUT2D eigenvalue weighted by atomic mass is 9.92. The molecule has 2 aromatic carbocycles. The maximum Gasteiger partial charge on any atom is 0.408 e. The Labute approximate surface area is 243 Å². The average Bonchev–Trinajstić information content (AvgIpc) is 2.97. The van der Waals surface area contributed by atoms with Crippen LogP contribution >= 0.6 is 0 Å². The summed E-state index contributed by atoms with van der Waals surface area (Å²) in [4.78, 5) is 40.6. The Morgan fingerprint density at radius 3 is 2.29 bits per heavy atom. The van der Waals surface area contributed by atoms with Crippen LogP contribution in [0, 0.1) is 0 Å². The summed E-state index contributed by atoms with van der Waals surface area (Å²) in [5, 5.41) is 5.14. The van der Waals surface area contributed by atoms with Crippen molar-refractivity contribution in [2.75, 3.05) is 17.8 Å². The molecule has 0 spiro atoms. The fraction of sp³-hybridized carbons (Fsp3) is 0.483. The Hall–Kier alpha value is -3.74. The van der Waals surface area contributed by atoms with E-state index in [1.807, 2.05) is 0 Å². The van der Waals surface area contributed by atoms with Crippen LogP contribution in [0.2, 0.25) is 0 Å². The lowest BCUT2D eigenvalue weighted by molar-refractivity contribution is -0.120. The molecule has 0 saturated heterocycles. The number of nitrogens with zero attached hydrogens (tertiary/aromatic N) is 1. The molecule has 2 aliphatic rings. The highest BCUT2D eigenvalue weighted by atomic mass is 32.2. The Morgan fingerprint density at radius 2 is 1.69 bits per heavy atom. The smallest absolute Gasteiger partial charge is 0.408 e. The van der Waals surface area contributed by atoms with E-state index in [1.165, 1.54) is 30.2 Å². The standard InChI is InChI=1S/C29H35F2N3O7S/c1-28(2,3)41-27(37)33-22-17-42(38,39)24-10-7-19(25(35)32-20-11-13-29(30,31)14-12-20)15-23(24)34(26(22)36)16-18-5-8-21(40-4)9-6-18/h5-10,15,20,22H,11-14,16-17H2,1-4H3,(H,32,35)(H,33,37)/t22-/m0/s1. The number of alkyl carbamates (subject to hydrolysis) is 1.